The Morgan fingerprint density at radius 3 is 2.56 bits per heavy atom. The molecule has 5 heteroatoms. The fraction of sp³-hybridized carbons (Fsp3) is 0.318. The van der Waals surface area contributed by atoms with Crippen LogP contribution in [0.5, 0.6) is 0 Å². The average molecular weight is 361 g/mol. The molecule has 0 fully saturated rings. The quantitative estimate of drug-likeness (QED) is 0.770. The van der Waals surface area contributed by atoms with E-state index in [1.54, 1.807) is 19.3 Å². The van der Waals surface area contributed by atoms with E-state index in [1.165, 1.54) is 0 Å². The van der Waals surface area contributed by atoms with Crippen molar-refractivity contribution in [1.82, 2.24) is 4.98 Å². The molecular weight excluding hydrogens is 338 g/mol. The van der Waals surface area contributed by atoms with Gasteiger partial charge in [-0.15, -0.1) is 0 Å². The highest BCUT2D eigenvalue weighted by atomic mass is 16.1. The minimum Gasteiger partial charge on any atom is -0.372 e. The Morgan fingerprint density at radius 2 is 1.85 bits per heavy atom. The van der Waals surface area contributed by atoms with E-state index >= 15 is 0 Å². The summed E-state index contributed by atoms with van der Waals surface area (Å²) in [5, 5.41) is 6.97. The maximum absolute atomic E-state index is 13.1. The number of ketones is 2. The van der Waals surface area contributed by atoms with Crippen molar-refractivity contribution < 1.29 is 9.59 Å². The van der Waals surface area contributed by atoms with Gasteiger partial charge in [-0.05, 0) is 30.4 Å². The number of benzene rings is 1. The van der Waals surface area contributed by atoms with Crippen LogP contribution in [0.2, 0.25) is 0 Å². The molecule has 0 bridgehead atoms. The molecule has 0 radical (unpaired) electrons. The van der Waals surface area contributed by atoms with Crippen molar-refractivity contribution in [3.05, 3.63) is 65.1 Å². The van der Waals surface area contributed by atoms with E-state index in [9.17, 15) is 9.59 Å². The van der Waals surface area contributed by atoms with E-state index in [1.807, 2.05) is 30.3 Å². The third-order valence-electron chi connectivity index (χ3n) is 5.27. The van der Waals surface area contributed by atoms with Gasteiger partial charge in [-0.25, -0.2) is 0 Å². The summed E-state index contributed by atoms with van der Waals surface area (Å²) in [6.07, 6.45) is 4.83. The summed E-state index contributed by atoms with van der Waals surface area (Å²) in [4.78, 5) is 28.9. The molecule has 2 N–H and O–H groups in total. The van der Waals surface area contributed by atoms with Gasteiger partial charge in [-0.3, -0.25) is 14.6 Å². The number of rotatable bonds is 2. The zero-order chi connectivity index (χ0) is 19.2. The third-order valence-corrected chi connectivity index (χ3v) is 5.27. The number of anilines is 2. The zero-order valence-corrected chi connectivity index (χ0v) is 15.8. The van der Waals surface area contributed by atoms with Gasteiger partial charge in [-0.2, -0.15) is 0 Å². The molecule has 1 aliphatic carbocycles. The second-order valence-electron chi connectivity index (χ2n) is 8.13. The second kappa shape index (κ2) is 6.34. The number of hydrogen-bond acceptors (Lipinski definition) is 5. The molecule has 1 aromatic carbocycles. The normalized spacial score (nSPS) is 20.7. The first-order chi connectivity index (χ1) is 12.8. The van der Waals surface area contributed by atoms with E-state index in [2.05, 4.69) is 29.5 Å². The monoisotopic (exact) mass is 361 g/mol. The summed E-state index contributed by atoms with van der Waals surface area (Å²) in [6, 6.07) is 9.15. The summed E-state index contributed by atoms with van der Waals surface area (Å²) in [6.45, 7) is 5.80. The van der Waals surface area contributed by atoms with Gasteiger partial charge < -0.3 is 10.6 Å². The van der Waals surface area contributed by atoms with Crippen LogP contribution in [0.15, 0.2) is 54.0 Å². The van der Waals surface area contributed by atoms with Gasteiger partial charge in [0, 0.05) is 29.5 Å². The van der Waals surface area contributed by atoms with E-state index in [0.717, 1.165) is 34.6 Å². The highest BCUT2D eigenvalue weighted by Gasteiger charge is 2.38. The number of nitrogens with zero attached hydrogens (tertiary/aromatic N) is 1. The Bertz CT molecular complexity index is 958. The van der Waals surface area contributed by atoms with Crippen LogP contribution in [-0.4, -0.2) is 16.6 Å². The Hall–Kier alpha value is -2.95. The van der Waals surface area contributed by atoms with Crippen LogP contribution in [-0.2, 0) is 4.79 Å². The van der Waals surface area contributed by atoms with Crippen molar-refractivity contribution in [1.29, 1.82) is 0 Å². The molecule has 2 heterocycles. The molecule has 4 rings (SSSR count). The van der Waals surface area contributed by atoms with Crippen molar-refractivity contribution in [2.45, 2.75) is 39.7 Å². The molecule has 0 saturated carbocycles. The predicted octanol–water partition coefficient (Wildman–Crippen LogP) is 4.51. The van der Waals surface area contributed by atoms with E-state index in [4.69, 9.17) is 0 Å². The lowest BCUT2D eigenvalue weighted by Crippen LogP contribution is -2.31. The van der Waals surface area contributed by atoms with Gasteiger partial charge in [0.05, 0.1) is 23.6 Å². The van der Waals surface area contributed by atoms with Gasteiger partial charge in [0.1, 0.15) is 0 Å². The van der Waals surface area contributed by atoms with Crippen molar-refractivity contribution >= 4 is 22.9 Å². The van der Waals surface area contributed by atoms with Gasteiger partial charge in [-0.1, -0.05) is 38.1 Å². The molecule has 138 valence electrons. The van der Waals surface area contributed by atoms with Crippen LogP contribution in [0, 0.1) is 5.41 Å². The molecular formula is C22H23N3O2. The topological polar surface area (TPSA) is 71.1 Å². The summed E-state index contributed by atoms with van der Waals surface area (Å²) >= 11 is 0. The highest BCUT2D eigenvalue weighted by Crippen LogP contribution is 2.45. The Morgan fingerprint density at radius 1 is 1.11 bits per heavy atom. The van der Waals surface area contributed by atoms with Crippen LogP contribution >= 0.6 is 0 Å². The second-order valence-corrected chi connectivity index (χ2v) is 8.13. The number of carbonyl (C=O) groups excluding carboxylic acids is 2. The molecule has 1 aromatic heterocycles. The number of aromatic nitrogens is 1. The Balaban J connectivity index is 1.84. The summed E-state index contributed by atoms with van der Waals surface area (Å²) in [7, 11) is 0. The maximum atomic E-state index is 13.1. The van der Waals surface area contributed by atoms with Crippen LogP contribution in [0.4, 0.5) is 11.4 Å². The standard InChI is InChI=1S/C22H23N3O2/c1-13(26)14-4-6-15(7-5-14)21-20-17(10-22(2,3)11-19(20)27)24-18-12-23-9-8-16(18)25-21/h4-9,12,21,24-25H,10-11H2,1-3H3. The summed E-state index contributed by atoms with van der Waals surface area (Å²) < 4.78 is 0. The lowest BCUT2D eigenvalue weighted by Gasteiger charge is -2.34. The van der Waals surface area contributed by atoms with Crippen LogP contribution in [0.3, 0.4) is 0 Å². The first-order valence-corrected chi connectivity index (χ1v) is 9.19. The zero-order valence-electron chi connectivity index (χ0n) is 15.8. The molecule has 0 saturated heterocycles. The first kappa shape index (κ1) is 17.5. The minimum absolute atomic E-state index is 0.0314. The lowest BCUT2D eigenvalue weighted by atomic mass is 9.73. The SMILES string of the molecule is CC(=O)c1ccc(C2Nc3ccncc3NC3=C2C(=O)CC(C)(C)C3)cc1. The average Bonchev–Trinajstić information content (AvgIpc) is 2.77. The van der Waals surface area contributed by atoms with Crippen LogP contribution in [0.1, 0.15) is 55.6 Å². The van der Waals surface area contributed by atoms with Gasteiger partial charge in [0.25, 0.3) is 0 Å². The van der Waals surface area contributed by atoms with E-state index < -0.39 is 0 Å². The molecule has 1 atom stereocenters. The number of fused-ring (bicyclic) bond motifs is 1. The Kier molecular flexibility index (Phi) is 4.10. The molecule has 0 spiro atoms. The van der Waals surface area contributed by atoms with Crippen molar-refractivity contribution in [2.24, 2.45) is 5.41 Å². The van der Waals surface area contributed by atoms with Crippen molar-refractivity contribution in [2.75, 3.05) is 10.6 Å². The fourth-order valence-corrected chi connectivity index (χ4v) is 3.95. The van der Waals surface area contributed by atoms with Crippen molar-refractivity contribution in [3.63, 3.8) is 0 Å². The fourth-order valence-electron chi connectivity index (χ4n) is 3.95. The molecule has 27 heavy (non-hydrogen) atoms. The molecule has 1 unspecified atom stereocenters. The van der Waals surface area contributed by atoms with Gasteiger partial charge >= 0.3 is 0 Å². The van der Waals surface area contributed by atoms with Crippen LogP contribution in [0.25, 0.3) is 0 Å². The third kappa shape index (κ3) is 3.25. The Labute approximate surface area is 158 Å². The molecule has 1 aliphatic heterocycles. The lowest BCUT2D eigenvalue weighted by molar-refractivity contribution is -0.118. The van der Waals surface area contributed by atoms with Crippen molar-refractivity contribution in [3.8, 4) is 0 Å². The number of pyridine rings is 1. The molecule has 2 aromatic rings. The summed E-state index contributed by atoms with van der Waals surface area (Å²) in [5.74, 6) is 0.187. The largest absolute Gasteiger partial charge is 0.372 e. The van der Waals surface area contributed by atoms with Gasteiger partial charge in [0.15, 0.2) is 11.6 Å². The molecule has 0 amide bonds. The number of Topliss-reactive ketones (excluding diaryl/α,β-unsaturated/α-hetero) is 2. The van der Waals surface area contributed by atoms with E-state index in [0.29, 0.717) is 12.0 Å². The number of carbonyl (C=O) groups is 2. The predicted molar refractivity (Wildman–Crippen MR) is 106 cm³/mol. The number of nitrogens with one attached hydrogen (secondary N) is 2. The molecule has 5 nitrogen and oxygen atoms in total. The summed E-state index contributed by atoms with van der Waals surface area (Å²) in [5.41, 5.74) is 5.06. The number of hydrogen-bond donors (Lipinski definition) is 2. The van der Waals surface area contributed by atoms with E-state index in [-0.39, 0.29) is 23.0 Å². The number of allylic oxidation sites excluding steroid dienone is 1. The maximum Gasteiger partial charge on any atom is 0.163 e. The van der Waals surface area contributed by atoms with Gasteiger partial charge in [0.2, 0.25) is 0 Å². The highest BCUT2D eigenvalue weighted by molar-refractivity contribution is 6.01. The molecule has 2 aliphatic rings. The first-order valence-electron chi connectivity index (χ1n) is 9.19. The smallest absolute Gasteiger partial charge is 0.163 e. The minimum atomic E-state index is -0.263. The van der Waals surface area contributed by atoms with Crippen LogP contribution < -0.4 is 10.6 Å².